The van der Waals surface area contributed by atoms with Crippen LogP contribution in [0.1, 0.15) is 70.4 Å². The molecule has 2 aromatic carbocycles. The molecule has 0 spiro atoms. The summed E-state index contributed by atoms with van der Waals surface area (Å²) >= 11 is 0. The molecule has 2 atom stereocenters. The molecule has 160 valence electrons. The van der Waals surface area contributed by atoms with Crippen molar-refractivity contribution in [1.82, 2.24) is 4.90 Å². The summed E-state index contributed by atoms with van der Waals surface area (Å²) in [7, 11) is 0. The molecule has 1 amide bonds. The van der Waals surface area contributed by atoms with Crippen molar-refractivity contribution in [3.05, 3.63) is 71.3 Å². The highest BCUT2D eigenvalue weighted by Crippen LogP contribution is 2.43. The lowest BCUT2D eigenvalue weighted by Gasteiger charge is -2.44. The molecule has 30 heavy (non-hydrogen) atoms. The van der Waals surface area contributed by atoms with Gasteiger partial charge in [-0.05, 0) is 43.9 Å². The average Bonchev–Trinajstić information content (AvgIpc) is 2.70. The van der Waals surface area contributed by atoms with Gasteiger partial charge in [0.2, 0.25) is 5.91 Å². The minimum atomic E-state index is -0.639. The summed E-state index contributed by atoms with van der Waals surface area (Å²) in [6.45, 7) is 12.0. The predicted molar refractivity (Wildman–Crippen MR) is 119 cm³/mol. The molecule has 0 fully saturated rings. The maximum absolute atomic E-state index is 13.4. The van der Waals surface area contributed by atoms with Crippen LogP contribution in [0.2, 0.25) is 0 Å². The van der Waals surface area contributed by atoms with Crippen LogP contribution < -0.4 is 0 Å². The van der Waals surface area contributed by atoms with Crippen LogP contribution in [0.3, 0.4) is 0 Å². The Bertz CT molecular complexity index is 906. The topological polar surface area (TPSA) is 46.6 Å². The Hall–Kier alpha value is -2.62. The highest BCUT2D eigenvalue weighted by Gasteiger charge is 2.43. The Balaban J connectivity index is 2.15. The lowest BCUT2D eigenvalue weighted by molar-refractivity contribution is -0.167. The fraction of sp³-hybridized carbons (Fsp3) is 0.462. The molecule has 3 rings (SSSR count). The van der Waals surface area contributed by atoms with Crippen LogP contribution in [0.25, 0.3) is 0 Å². The molecular weight excluding hydrogens is 374 g/mol. The average molecular weight is 408 g/mol. The van der Waals surface area contributed by atoms with Crippen molar-refractivity contribution in [3.8, 4) is 0 Å². The highest BCUT2D eigenvalue weighted by atomic mass is 16.5. The van der Waals surface area contributed by atoms with E-state index < -0.39 is 16.9 Å². The fourth-order valence-corrected chi connectivity index (χ4v) is 3.83. The van der Waals surface area contributed by atoms with Gasteiger partial charge in [0.1, 0.15) is 0 Å². The van der Waals surface area contributed by atoms with Crippen LogP contribution >= 0.6 is 0 Å². The number of fused-ring (bicyclic) bond motifs is 1. The molecule has 1 aliphatic rings. The van der Waals surface area contributed by atoms with E-state index in [1.54, 1.807) is 0 Å². The smallest absolute Gasteiger partial charge is 0.311 e. The molecule has 4 heteroatoms. The maximum Gasteiger partial charge on any atom is 0.311 e. The number of carbonyl (C=O) groups is 2. The Labute approximate surface area is 180 Å². The van der Waals surface area contributed by atoms with E-state index in [-0.39, 0.29) is 17.9 Å². The summed E-state index contributed by atoms with van der Waals surface area (Å²) in [5, 5.41) is 0. The Morgan fingerprint density at radius 1 is 0.900 bits per heavy atom. The van der Waals surface area contributed by atoms with Gasteiger partial charge in [0, 0.05) is 12.0 Å². The number of hydrogen-bond donors (Lipinski definition) is 0. The van der Waals surface area contributed by atoms with E-state index in [1.807, 2.05) is 88.9 Å². The Kier molecular flexibility index (Phi) is 6.07. The minimum Gasteiger partial charge on any atom is -0.454 e. The van der Waals surface area contributed by atoms with E-state index in [0.29, 0.717) is 6.54 Å². The van der Waals surface area contributed by atoms with E-state index in [2.05, 4.69) is 12.1 Å². The molecule has 0 radical (unpaired) electrons. The molecular formula is C26H33NO3. The lowest BCUT2D eigenvalue weighted by Crippen LogP contribution is -2.48. The number of nitrogens with zero attached hydrogens (tertiary/aromatic N) is 1. The van der Waals surface area contributed by atoms with Crippen LogP contribution in [0.4, 0.5) is 0 Å². The third-order valence-electron chi connectivity index (χ3n) is 5.50. The summed E-state index contributed by atoms with van der Waals surface area (Å²) in [4.78, 5) is 28.3. The SMILES string of the molecule is CC(C)(C)C(=O)OC(c1ccccc1)C1c2ccccc2CCN1C(=O)C(C)(C)C. The zero-order valence-corrected chi connectivity index (χ0v) is 18.9. The molecule has 0 N–H and O–H groups in total. The molecule has 0 saturated carbocycles. The summed E-state index contributed by atoms with van der Waals surface area (Å²) in [5.41, 5.74) is 1.98. The number of carbonyl (C=O) groups excluding carboxylic acids is 2. The zero-order valence-electron chi connectivity index (χ0n) is 18.9. The van der Waals surface area contributed by atoms with E-state index >= 15 is 0 Å². The van der Waals surface area contributed by atoms with Crippen molar-refractivity contribution in [2.45, 2.75) is 60.1 Å². The van der Waals surface area contributed by atoms with Crippen molar-refractivity contribution in [2.75, 3.05) is 6.54 Å². The van der Waals surface area contributed by atoms with Crippen LogP contribution in [-0.2, 0) is 20.7 Å². The van der Waals surface area contributed by atoms with E-state index in [4.69, 9.17) is 4.74 Å². The second-order valence-corrected chi connectivity index (χ2v) is 10.1. The van der Waals surface area contributed by atoms with Crippen LogP contribution in [0.5, 0.6) is 0 Å². The Morgan fingerprint density at radius 3 is 2.10 bits per heavy atom. The van der Waals surface area contributed by atoms with Gasteiger partial charge >= 0.3 is 5.97 Å². The van der Waals surface area contributed by atoms with Crippen molar-refractivity contribution in [1.29, 1.82) is 0 Å². The first-order valence-electron chi connectivity index (χ1n) is 10.6. The second-order valence-electron chi connectivity index (χ2n) is 10.1. The molecule has 1 heterocycles. The van der Waals surface area contributed by atoms with Crippen LogP contribution in [0, 0.1) is 10.8 Å². The van der Waals surface area contributed by atoms with E-state index in [0.717, 1.165) is 17.5 Å². The summed E-state index contributed by atoms with van der Waals surface area (Å²) in [6.07, 6.45) is 0.217. The third-order valence-corrected chi connectivity index (χ3v) is 5.50. The van der Waals surface area contributed by atoms with Crippen molar-refractivity contribution < 1.29 is 14.3 Å². The number of esters is 1. The number of ether oxygens (including phenoxy) is 1. The van der Waals surface area contributed by atoms with Gasteiger partial charge in [0.25, 0.3) is 0 Å². The van der Waals surface area contributed by atoms with Crippen molar-refractivity contribution in [2.24, 2.45) is 10.8 Å². The third kappa shape index (κ3) is 4.58. The van der Waals surface area contributed by atoms with E-state index in [9.17, 15) is 9.59 Å². The molecule has 0 aliphatic carbocycles. The number of hydrogen-bond acceptors (Lipinski definition) is 3. The van der Waals surface area contributed by atoms with Gasteiger partial charge in [0.15, 0.2) is 6.10 Å². The number of benzene rings is 2. The Morgan fingerprint density at radius 2 is 1.50 bits per heavy atom. The lowest BCUT2D eigenvalue weighted by atomic mass is 9.84. The quantitative estimate of drug-likeness (QED) is 0.632. The number of rotatable bonds is 3. The van der Waals surface area contributed by atoms with E-state index in [1.165, 1.54) is 5.56 Å². The van der Waals surface area contributed by atoms with Gasteiger partial charge in [-0.1, -0.05) is 75.4 Å². The van der Waals surface area contributed by atoms with Crippen LogP contribution in [0.15, 0.2) is 54.6 Å². The first-order valence-corrected chi connectivity index (χ1v) is 10.6. The van der Waals surface area contributed by atoms with Crippen molar-refractivity contribution >= 4 is 11.9 Å². The summed E-state index contributed by atoms with van der Waals surface area (Å²) in [6, 6.07) is 17.6. The molecule has 0 saturated heterocycles. The zero-order chi connectivity index (χ0) is 22.1. The van der Waals surface area contributed by atoms with Gasteiger partial charge < -0.3 is 9.64 Å². The predicted octanol–water partition coefficient (Wildman–Crippen LogP) is 5.49. The normalized spacial score (nSPS) is 17.8. The fourth-order valence-electron chi connectivity index (χ4n) is 3.83. The molecule has 1 aliphatic heterocycles. The maximum atomic E-state index is 13.4. The minimum absolute atomic E-state index is 0.0646. The van der Waals surface area contributed by atoms with Gasteiger partial charge in [-0.2, -0.15) is 0 Å². The van der Waals surface area contributed by atoms with Crippen LogP contribution in [-0.4, -0.2) is 23.3 Å². The second kappa shape index (κ2) is 8.25. The van der Waals surface area contributed by atoms with Gasteiger partial charge in [-0.25, -0.2) is 0 Å². The first kappa shape index (κ1) is 22.1. The number of amides is 1. The summed E-state index contributed by atoms with van der Waals surface area (Å²) in [5.74, 6) is -0.211. The van der Waals surface area contributed by atoms with Gasteiger partial charge in [0.05, 0.1) is 11.5 Å². The van der Waals surface area contributed by atoms with Gasteiger partial charge in [-0.15, -0.1) is 0 Å². The monoisotopic (exact) mass is 407 g/mol. The molecule has 4 nitrogen and oxygen atoms in total. The molecule has 0 aromatic heterocycles. The van der Waals surface area contributed by atoms with Gasteiger partial charge in [-0.3, -0.25) is 9.59 Å². The summed E-state index contributed by atoms with van der Waals surface area (Å²) < 4.78 is 6.16. The molecule has 2 aromatic rings. The molecule has 0 bridgehead atoms. The largest absolute Gasteiger partial charge is 0.454 e. The highest BCUT2D eigenvalue weighted by molar-refractivity contribution is 5.82. The standard InChI is InChI=1S/C26H33NO3/c1-25(2,3)23(28)27-17-16-18-12-10-11-15-20(18)21(27)22(19-13-8-7-9-14-19)30-24(29)26(4,5)6/h7-15,21-22H,16-17H2,1-6H3. The first-order chi connectivity index (χ1) is 14.0. The molecule has 2 unspecified atom stereocenters. The van der Waals surface area contributed by atoms with Crippen molar-refractivity contribution in [3.63, 3.8) is 0 Å².